The van der Waals surface area contributed by atoms with Crippen molar-refractivity contribution in [2.75, 3.05) is 37.8 Å². The highest BCUT2D eigenvalue weighted by Crippen LogP contribution is 2.28. The summed E-state index contributed by atoms with van der Waals surface area (Å²) >= 11 is 0. The van der Waals surface area contributed by atoms with Gasteiger partial charge in [0.15, 0.2) is 0 Å². The summed E-state index contributed by atoms with van der Waals surface area (Å²) in [6.07, 6.45) is 1.00. The molecule has 0 amide bonds. The molecule has 23 heavy (non-hydrogen) atoms. The first-order valence-corrected chi connectivity index (χ1v) is 7.67. The summed E-state index contributed by atoms with van der Waals surface area (Å²) < 4.78 is 13.4. The number of halogens is 1. The molecule has 1 aromatic carbocycles. The normalized spacial score (nSPS) is 18.3. The maximum Gasteiger partial charge on any atom is 0.229 e. The van der Waals surface area contributed by atoms with Gasteiger partial charge in [0.05, 0.1) is 6.54 Å². The summed E-state index contributed by atoms with van der Waals surface area (Å²) in [6, 6.07) is 6.86. The van der Waals surface area contributed by atoms with Crippen LogP contribution in [0.2, 0.25) is 0 Å². The van der Waals surface area contributed by atoms with Crippen LogP contribution in [0.15, 0.2) is 24.3 Å². The smallest absolute Gasteiger partial charge is 0.229 e. The van der Waals surface area contributed by atoms with Crippen LogP contribution in [-0.4, -0.2) is 47.0 Å². The summed E-state index contributed by atoms with van der Waals surface area (Å²) in [5.41, 5.74) is 6.81. The Kier molecular flexibility index (Phi) is 4.38. The van der Waals surface area contributed by atoms with Gasteiger partial charge in [0.1, 0.15) is 11.6 Å². The lowest BCUT2D eigenvalue weighted by Gasteiger charge is -2.17. The number of hydrogen-bond donors (Lipinski definition) is 1. The van der Waals surface area contributed by atoms with Gasteiger partial charge in [-0.05, 0) is 36.6 Å². The molecule has 0 aliphatic carbocycles. The molecule has 0 spiro atoms. The number of anilines is 2. The van der Waals surface area contributed by atoms with Crippen molar-refractivity contribution in [1.82, 2.24) is 19.9 Å². The monoisotopic (exact) mass is 316 g/mol. The van der Waals surface area contributed by atoms with Crippen LogP contribution in [0.4, 0.5) is 16.3 Å². The number of aromatic nitrogens is 3. The maximum atomic E-state index is 13.4. The molecule has 0 saturated carbocycles. The van der Waals surface area contributed by atoms with E-state index in [4.69, 9.17) is 5.73 Å². The predicted octanol–water partition coefficient (Wildman–Crippen LogP) is 1.65. The third-order valence-electron chi connectivity index (χ3n) is 4.04. The van der Waals surface area contributed by atoms with Gasteiger partial charge in [-0.3, -0.25) is 4.90 Å². The summed E-state index contributed by atoms with van der Waals surface area (Å²) in [5.74, 6) is 1.63. The number of rotatable bonds is 4. The molecule has 122 valence electrons. The lowest BCUT2D eigenvalue weighted by molar-refractivity contribution is 0.318. The summed E-state index contributed by atoms with van der Waals surface area (Å²) in [5, 5.41) is 0. The topological polar surface area (TPSA) is 71.2 Å². The van der Waals surface area contributed by atoms with E-state index in [2.05, 4.69) is 19.9 Å². The van der Waals surface area contributed by atoms with Gasteiger partial charge >= 0.3 is 0 Å². The van der Waals surface area contributed by atoms with Gasteiger partial charge in [-0.2, -0.15) is 15.0 Å². The lowest BCUT2D eigenvalue weighted by atomic mass is 9.98. The van der Waals surface area contributed by atoms with Gasteiger partial charge < -0.3 is 10.6 Å². The van der Waals surface area contributed by atoms with Crippen molar-refractivity contribution in [2.24, 2.45) is 0 Å². The van der Waals surface area contributed by atoms with E-state index in [9.17, 15) is 4.39 Å². The maximum absolute atomic E-state index is 13.4. The average Bonchev–Trinajstić information content (AvgIpc) is 2.95. The van der Waals surface area contributed by atoms with Gasteiger partial charge in [-0.25, -0.2) is 4.39 Å². The zero-order chi connectivity index (χ0) is 16.4. The van der Waals surface area contributed by atoms with E-state index in [1.807, 2.05) is 20.2 Å². The van der Waals surface area contributed by atoms with Crippen molar-refractivity contribution in [1.29, 1.82) is 0 Å². The van der Waals surface area contributed by atoms with E-state index in [0.29, 0.717) is 24.2 Å². The summed E-state index contributed by atoms with van der Waals surface area (Å²) in [4.78, 5) is 16.8. The Hall–Kier alpha value is -2.28. The lowest BCUT2D eigenvalue weighted by Crippen LogP contribution is -2.23. The fraction of sp³-hybridized carbons (Fsp3) is 0.438. The largest absolute Gasteiger partial charge is 0.368 e. The molecule has 1 aliphatic heterocycles. The molecule has 0 radical (unpaired) electrons. The molecule has 2 heterocycles. The van der Waals surface area contributed by atoms with Gasteiger partial charge in [0.25, 0.3) is 0 Å². The number of benzene rings is 1. The van der Waals surface area contributed by atoms with Crippen LogP contribution < -0.4 is 10.6 Å². The number of nitrogens with zero attached hydrogens (tertiary/aromatic N) is 5. The van der Waals surface area contributed by atoms with Gasteiger partial charge in [-0.15, -0.1) is 0 Å². The molecule has 1 atom stereocenters. The van der Waals surface area contributed by atoms with Crippen LogP contribution in [-0.2, 0) is 6.54 Å². The second-order valence-corrected chi connectivity index (χ2v) is 6.08. The fourth-order valence-electron chi connectivity index (χ4n) is 2.90. The molecule has 1 aromatic heterocycles. The Balaban J connectivity index is 1.68. The second kappa shape index (κ2) is 6.45. The Morgan fingerprint density at radius 1 is 1.30 bits per heavy atom. The first kappa shape index (κ1) is 15.6. The predicted molar refractivity (Wildman–Crippen MR) is 87.6 cm³/mol. The first-order valence-electron chi connectivity index (χ1n) is 7.67. The molecular formula is C16H21FN6. The number of likely N-dealkylation sites (tertiary alicyclic amines) is 1. The van der Waals surface area contributed by atoms with Gasteiger partial charge in [0.2, 0.25) is 11.9 Å². The minimum atomic E-state index is -0.179. The van der Waals surface area contributed by atoms with E-state index in [-0.39, 0.29) is 11.8 Å². The quantitative estimate of drug-likeness (QED) is 0.925. The summed E-state index contributed by atoms with van der Waals surface area (Å²) in [6.45, 7) is 2.43. The molecular weight excluding hydrogens is 295 g/mol. The molecule has 3 rings (SSSR count). The van der Waals surface area contributed by atoms with E-state index in [1.54, 1.807) is 17.0 Å². The molecule has 2 aromatic rings. The molecule has 1 saturated heterocycles. The number of nitrogens with two attached hydrogens (primary N) is 1. The Bertz CT molecular complexity index is 690. The van der Waals surface area contributed by atoms with Crippen LogP contribution in [0.25, 0.3) is 0 Å². The van der Waals surface area contributed by atoms with Crippen LogP contribution >= 0.6 is 0 Å². The minimum Gasteiger partial charge on any atom is -0.368 e. The van der Waals surface area contributed by atoms with Crippen molar-refractivity contribution < 1.29 is 4.39 Å². The minimum absolute atomic E-state index is 0.179. The zero-order valence-corrected chi connectivity index (χ0v) is 13.4. The molecule has 2 N–H and O–H groups in total. The third-order valence-corrected chi connectivity index (χ3v) is 4.04. The number of hydrogen-bond acceptors (Lipinski definition) is 6. The molecule has 1 aliphatic rings. The highest BCUT2D eigenvalue weighted by atomic mass is 19.1. The highest BCUT2D eigenvalue weighted by Gasteiger charge is 2.25. The Labute approximate surface area is 135 Å². The Morgan fingerprint density at radius 2 is 2.13 bits per heavy atom. The van der Waals surface area contributed by atoms with Crippen molar-refractivity contribution >= 4 is 11.9 Å². The SMILES string of the molecule is CN(C)c1nc(N)nc(CN2CC[C@H](c3cccc(F)c3)C2)n1. The standard InChI is InChI=1S/C16H21FN6/c1-22(2)16-20-14(19-15(18)21-16)10-23-7-6-12(9-23)11-4-3-5-13(17)8-11/h3-5,8,12H,6-7,9-10H2,1-2H3,(H2,18,19,20,21)/t12-/m0/s1. The molecule has 0 bridgehead atoms. The summed E-state index contributed by atoms with van der Waals surface area (Å²) in [7, 11) is 3.74. The van der Waals surface area contributed by atoms with Crippen molar-refractivity contribution in [2.45, 2.75) is 18.9 Å². The number of nitrogen functional groups attached to an aromatic ring is 1. The van der Waals surface area contributed by atoms with E-state index < -0.39 is 0 Å². The average molecular weight is 316 g/mol. The fourth-order valence-corrected chi connectivity index (χ4v) is 2.90. The van der Waals surface area contributed by atoms with Gasteiger partial charge in [-0.1, -0.05) is 12.1 Å². The van der Waals surface area contributed by atoms with Crippen molar-refractivity contribution in [3.05, 3.63) is 41.5 Å². The first-order chi connectivity index (χ1) is 11.0. The van der Waals surface area contributed by atoms with E-state index >= 15 is 0 Å². The van der Waals surface area contributed by atoms with Crippen LogP contribution in [0, 0.1) is 5.82 Å². The van der Waals surface area contributed by atoms with Crippen molar-refractivity contribution in [3.8, 4) is 0 Å². The van der Waals surface area contributed by atoms with E-state index in [1.165, 1.54) is 6.07 Å². The van der Waals surface area contributed by atoms with Gasteiger partial charge in [0, 0.05) is 20.6 Å². The second-order valence-electron chi connectivity index (χ2n) is 6.08. The van der Waals surface area contributed by atoms with Crippen molar-refractivity contribution in [3.63, 3.8) is 0 Å². The molecule has 7 heteroatoms. The zero-order valence-electron chi connectivity index (χ0n) is 13.4. The van der Waals surface area contributed by atoms with Crippen LogP contribution in [0.1, 0.15) is 23.7 Å². The molecule has 0 unspecified atom stereocenters. The Morgan fingerprint density at radius 3 is 2.87 bits per heavy atom. The van der Waals surface area contributed by atoms with Crippen LogP contribution in [0.5, 0.6) is 0 Å². The van der Waals surface area contributed by atoms with Crippen LogP contribution in [0.3, 0.4) is 0 Å². The molecule has 1 fully saturated rings. The third kappa shape index (κ3) is 3.73. The highest BCUT2D eigenvalue weighted by molar-refractivity contribution is 5.32. The van der Waals surface area contributed by atoms with E-state index in [0.717, 1.165) is 25.1 Å². The molecule has 6 nitrogen and oxygen atoms in total.